The molecule has 0 saturated carbocycles. The second-order valence-corrected chi connectivity index (χ2v) is 5.05. The summed E-state index contributed by atoms with van der Waals surface area (Å²) in [6, 6.07) is 8.23. The summed E-state index contributed by atoms with van der Waals surface area (Å²) in [5.41, 5.74) is 2.04. The Morgan fingerprint density at radius 3 is 2.33 bits per heavy atom. The first-order valence-corrected chi connectivity index (χ1v) is 6.62. The number of amides is 1. The van der Waals surface area contributed by atoms with E-state index in [1.807, 2.05) is 31.2 Å². The van der Waals surface area contributed by atoms with E-state index in [0.29, 0.717) is 18.5 Å². The van der Waals surface area contributed by atoms with Gasteiger partial charge in [0.25, 0.3) is 0 Å². The molecule has 0 radical (unpaired) electrons. The first-order valence-electron chi connectivity index (χ1n) is 6.62. The van der Waals surface area contributed by atoms with Crippen LogP contribution in [0.15, 0.2) is 24.3 Å². The SMILES string of the molecule is CCC(NCC(=O)Nc1ccc(C)cc1)C(C)C. The summed E-state index contributed by atoms with van der Waals surface area (Å²) < 4.78 is 0. The molecule has 18 heavy (non-hydrogen) atoms. The number of carbonyl (C=O) groups is 1. The highest BCUT2D eigenvalue weighted by Gasteiger charge is 2.11. The van der Waals surface area contributed by atoms with Gasteiger partial charge in [-0.25, -0.2) is 0 Å². The van der Waals surface area contributed by atoms with E-state index in [2.05, 4.69) is 31.4 Å². The van der Waals surface area contributed by atoms with Crippen molar-refractivity contribution in [2.45, 2.75) is 40.2 Å². The number of hydrogen-bond acceptors (Lipinski definition) is 2. The fourth-order valence-corrected chi connectivity index (χ4v) is 1.92. The second kappa shape index (κ2) is 7.17. The van der Waals surface area contributed by atoms with Crippen molar-refractivity contribution in [3.63, 3.8) is 0 Å². The van der Waals surface area contributed by atoms with E-state index in [1.54, 1.807) is 0 Å². The minimum atomic E-state index is 0.0120. The Labute approximate surface area is 110 Å². The summed E-state index contributed by atoms with van der Waals surface area (Å²) in [6.07, 6.45) is 1.04. The molecule has 100 valence electrons. The standard InChI is InChI=1S/C15H24N2O/c1-5-14(11(2)3)16-10-15(18)17-13-8-6-12(4)7-9-13/h6-9,11,14,16H,5,10H2,1-4H3,(H,17,18). The van der Waals surface area contributed by atoms with Crippen LogP contribution in [-0.2, 0) is 4.79 Å². The molecule has 1 rings (SSSR count). The number of benzene rings is 1. The Hall–Kier alpha value is -1.35. The van der Waals surface area contributed by atoms with Crippen LogP contribution in [0.5, 0.6) is 0 Å². The van der Waals surface area contributed by atoms with Gasteiger partial charge in [0.1, 0.15) is 0 Å². The van der Waals surface area contributed by atoms with Crippen LogP contribution < -0.4 is 10.6 Å². The van der Waals surface area contributed by atoms with Crippen molar-refractivity contribution in [2.75, 3.05) is 11.9 Å². The number of hydrogen-bond donors (Lipinski definition) is 2. The largest absolute Gasteiger partial charge is 0.325 e. The maximum atomic E-state index is 11.8. The summed E-state index contributed by atoms with van der Waals surface area (Å²) in [4.78, 5) is 11.8. The van der Waals surface area contributed by atoms with Gasteiger partial charge in [0.15, 0.2) is 0 Å². The summed E-state index contributed by atoms with van der Waals surface area (Å²) in [7, 11) is 0. The fraction of sp³-hybridized carbons (Fsp3) is 0.533. The highest BCUT2D eigenvalue weighted by atomic mass is 16.1. The zero-order chi connectivity index (χ0) is 13.5. The molecule has 1 aromatic rings. The number of anilines is 1. The first kappa shape index (κ1) is 14.7. The zero-order valence-corrected chi connectivity index (χ0v) is 11.8. The molecule has 0 aliphatic carbocycles. The number of aryl methyl sites for hydroxylation is 1. The predicted molar refractivity (Wildman–Crippen MR) is 76.7 cm³/mol. The molecule has 0 spiro atoms. The Morgan fingerprint density at radius 1 is 1.22 bits per heavy atom. The van der Waals surface area contributed by atoms with Crippen LogP contribution in [0.25, 0.3) is 0 Å². The molecular weight excluding hydrogens is 224 g/mol. The number of carbonyl (C=O) groups excluding carboxylic acids is 1. The molecule has 1 unspecified atom stereocenters. The molecule has 3 nitrogen and oxygen atoms in total. The lowest BCUT2D eigenvalue weighted by atomic mass is 10.0. The van der Waals surface area contributed by atoms with Crippen LogP contribution in [0.1, 0.15) is 32.8 Å². The van der Waals surface area contributed by atoms with Crippen molar-refractivity contribution in [3.8, 4) is 0 Å². The Bertz CT molecular complexity index is 371. The van der Waals surface area contributed by atoms with E-state index in [-0.39, 0.29) is 5.91 Å². The molecule has 1 aromatic carbocycles. The fourth-order valence-electron chi connectivity index (χ4n) is 1.92. The normalized spacial score (nSPS) is 12.5. The summed E-state index contributed by atoms with van der Waals surface area (Å²) >= 11 is 0. The number of nitrogens with one attached hydrogen (secondary N) is 2. The van der Waals surface area contributed by atoms with Crippen LogP contribution in [0.2, 0.25) is 0 Å². The third kappa shape index (κ3) is 4.88. The van der Waals surface area contributed by atoms with Crippen molar-refractivity contribution < 1.29 is 4.79 Å². The molecule has 0 fully saturated rings. The molecule has 3 heteroatoms. The average Bonchev–Trinajstić information content (AvgIpc) is 2.32. The molecule has 0 saturated heterocycles. The lowest BCUT2D eigenvalue weighted by molar-refractivity contribution is -0.115. The van der Waals surface area contributed by atoms with Gasteiger partial charge in [-0.2, -0.15) is 0 Å². The quantitative estimate of drug-likeness (QED) is 0.812. The van der Waals surface area contributed by atoms with Crippen LogP contribution in [0.3, 0.4) is 0 Å². The molecule has 1 atom stereocenters. The van der Waals surface area contributed by atoms with Gasteiger partial charge in [-0.15, -0.1) is 0 Å². The van der Waals surface area contributed by atoms with Gasteiger partial charge >= 0.3 is 0 Å². The molecule has 0 heterocycles. The minimum absolute atomic E-state index is 0.0120. The van der Waals surface area contributed by atoms with Crippen LogP contribution in [-0.4, -0.2) is 18.5 Å². The number of rotatable bonds is 6. The van der Waals surface area contributed by atoms with E-state index in [0.717, 1.165) is 12.1 Å². The Morgan fingerprint density at radius 2 is 1.83 bits per heavy atom. The van der Waals surface area contributed by atoms with E-state index < -0.39 is 0 Å². The minimum Gasteiger partial charge on any atom is -0.325 e. The van der Waals surface area contributed by atoms with Crippen molar-refractivity contribution in [1.29, 1.82) is 0 Å². The van der Waals surface area contributed by atoms with Gasteiger partial charge in [-0.3, -0.25) is 4.79 Å². The van der Waals surface area contributed by atoms with Crippen LogP contribution in [0, 0.1) is 12.8 Å². The van der Waals surface area contributed by atoms with Crippen molar-refractivity contribution >= 4 is 11.6 Å². The molecule has 0 bridgehead atoms. The van der Waals surface area contributed by atoms with Crippen molar-refractivity contribution in [3.05, 3.63) is 29.8 Å². The molecule has 1 amide bonds. The predicted octanol–water partition coefficient (Wildman–Crippen LogP) is 2.96. The van der Waals surface area contributed by atoms with Crippen molar-refractivity contribution in [2.24, 2.45) is 5.92 Å². The highest BCUT2D eigenvalue weighted by molar-refractivity contribution is 5.92. The van der Waals surface area contributed by atoms with Crippen LogP contribution >= 0.6 is 0 Å². The molecule has 0 aliphatic heterocycles. The van der Waals surface area contributed by atoms with Gasteiger partial charge in [-0.05, 0) is 31.4 Å². The van der Waals surface area contributed by atoms with Crippen molar-refractivity contribution in [1.82, 2.24) is 5.32 Å². The maximum absolute atomic E-state index is 11.8. The molecular formula is C15H24N2O. The smallest absolute Gasteiger partial charge is 0.238 e. The van der Waals surface area contributed by atoms with Crippen LogP contribution in [0.4, 0.5) is 5.69 Å². The summed E-state index contributed by atoms with van der Waals surface area (Å²) in [5, 5.41) is 6.17. The Balaban J connectivity index is 2.40. The third-order valence-electron chi connectivity index (χ3n) is 3.10. The lowest BCUT2D eigenvalue weighted by Gasteiger charge is -2.20. The monoisotopic (exact) mass is 248 g/mol. The second-order valence-electron chi connectivity index (χ2n) is 5.05. The zero-order valence-electron chi connectivity index (χ0n) is 11.8. The molecule has 0 aliphatic rings. The summed E-state index contributed by atoms with van der Waals surface area (Å²) in [5.74, 6) is 0.556. The van der Waals surface area contributed by atoms with Gasteiger partial charge in [0.05, 0.1) is 6.54 Å². The van der Waals surface area contributed by atoms with Gasteiger partial charge < -0.3 is 10.6 Å². The first-order chi connectivity index (χ1) is 8.52. The lowest BCUT2D eigenvalue weighted by Crippen LogP contribution is -2.38. The topological polar surface area (TPSA) is 41.1 Å². The molecule has 2 N–H and O–H groups in total. The highest BCUT2D eigenvalue weighted by Crippen LogP contribution is 2.08. The van der Waals surface area contributed by atoms with Gasteiger partial charge in [0, 0.05) is 11.7 Å². The maximum Gasteiger partial charge on any atom is 0.238 e. The van der Waals surface area contributed by atoms with E-state index in [9.17, 15) is 4.79 Å². The van der Waals surface area contributed by atoms with E-state index in [4.69, 9.17) is 0 Å². The third-order valence-corrected chi connectivity index (χ3v) is 3.10. The molecule has 0 aromatic heterocycles. The Kier molecular flexibility index (Phi) is 5.86. The van der Waals surface area contributed by atoms with Gasteiger partial charge in [-0.1, -0.05) is 38.5 Å². The average molecular weight is 248 g/mol. The van der Waals surface area contributed by atoms with E-state index >= 15 is 0 Å². The van der Waals surface area contributed by atoms with E-state index in [1.165, 1.54) is 5.56 Å². The van der Waals surface area contributed by atoms with Gasteiger partial charge in [0.2, 0.25) is 5.91 Å². The summed E-state index contributed by atoms with van der Waals surface area (Å²) in [6.45, 7) is 8.86.